The van der Waals surface area contributed by atoms with Crippen LogP contribution in [-0.4, -0.2) is 50.1 Å². The molecule has 0 unspecified atom stereocenters. The fourth-order valence-corrected chi connectivity index (χ4v) is 4.98. The van der Waals surface area contributed by atoms with E-state index in [9.17, 15) is 23.9 Å². The molecule has 1 aliphatic carbocycles. The Morgan fingerprint density at radius 3 is 2.38 bits per heavy atom. The van der Waals surface area contributed by atoms with Crippen molar-refractivity contribution in [3.8, 4) is 28.5 Å². The Balaban J connectivity index is 1.24. The minimum absolute atomic E-state index is 0.0402. The highest BCUT2D eigenvalue weighted by Crippen LogP contribution is 2.34. The van der Waals surface area contributed by atoms with Gasteiger partial charge in [0.25, 0.3) is 11.8 Å². The maximum absolute atomic E-state index is 14.2. The van der Waals surface area contributed by atoms with Crippen LogP contribution < -0.4 is 15.4 Å². The number of hydrogen-bond donors (Lipinski definition) is 3. The Morgan fingerprint density at radius 2 is 1.71 bits per heavy atom. The molecule has 0 saturated heterocycles. The molecule has 0 spiro atoms. The number of amides is 2. The highest BCUT2D eigenvalue weighted by Gasteiger charge is 2.26. The number of para-hydroxylation sites is 1. The number of carbonyl (C=O) groups excluding carboxylic acids is 3. The summed E-state index contributed by atoms with van der Waals surface area (Å²) in [5.74, 6) is -1.38. The lowest BCUT2D eigenvalue weighted by atomic mass is 9.91. The Morgan fingerprint density at radius 1 is 1.02 bits per heavy atom. The second kappa shape index (κ2) is 12.2. The molecular formula is C31H30FN5O5. The number of aldehydes is 1. The van der Waals surface area contributed by atoms with Crippen molar-refractivity contribution in [2.45, 2.75) is 44.7 Å². The van der Waals surface area contributed by atoms with Crippen molar-refractivity contribution in [2.24, 2.45) is 7.05 Å². The van der Waals surface area contributed by atoms with Crippen molar-refractivity contribution in [1.29, 1.82) is 0 Å². The number of pyridine rings is 1. The van der Waals surface area contributed by atoms with Crippen LogP contribution in [0.25, 0.3) is 11.1 Å². The van der Waals surface area contributed by atoms with Crippen molar-refractivity contribution in [2.75, 3.05) is 0 Å². The summed E-state index contributed by atoms with van der Waals surface area (Å²) < 4.78 is 21.7. The maximum Gasteiger partial charge on any atom is 0.272 e. The normalized spacial score (nSPS) is 16.5. The van der Waals surface area contributed by atoms with Crippen molar-refractivity contribution in [3.05, 3.63) is 89.1 Å². The van der Waals surface area contributed by atoms with Crippen LogP contribution in [-0.2, 0) is 7.05 Å². The van der Waals surface area contributed by atoms with Gasteiger partial charge in [0.15, 0.2) is 6.29 Å². The van der Waals surface area contributed by atoms with Gasteiger partial charge in [0.05, 0.1) is 11.8 Å². The van der Waals surface area contributed by atoms with E-state index in [-0.39, 0.29) is 40.7 Å². The molecule has 2 heterocycles. The summed E-state index contributed by atoms with van der Waals surface area (Å²) in [5, 5.41) is 20.6. The molecule has 3 N–H and O–H groups in total. The molecule has 1 fully saturated rings. The third-order valence-corrected chi connectivity index (χ3v) is 7.36. The number of benzene rings is 2. The van der Waals surface area contributed by atoms with Crippen molar-refractivity contribution in [1.82, 2.24) is 25.4 Å². The standard InChI is InChI=1S/C31H30FN5O5/c1-18-13-27(36-37(18)2)30(41)35-23-11-9-22(10-12-23)34-29(40)26-15-21(32)16-33-31(26)42-24-7-3-5-19(14-24)25-8-4-6-20(17-38)28(25)39/h3-8,13-17,22-23,39H,9-12H2,1-2H3,(H,34,40)(H,35,41)/t22-,23-. The summed E-state index contributed by atoms with van der Waals surface area (Å²) in [6, 6.07) is 14.1. The lowest BCUT2D eigenvalue weighted by Crippen LogP contribution is -2.44. The van der Waals surface area contributed by atoms with Crippen LogP contribution >= 0.6 is 0 Å². The minimum Gasteiger partial charge on any atom is -0.507 e. The molecule has 2 amide bonds. The average molecular weight is 572 g/mol. The highest BCUT2D eigenvalue weighted by molar-refractivity contribution is 5.96. The molecular weight excluding hydrogens is 541 g/mol. The molecule has 2 aromatic carbocycles. The highest BCUT2D eigenvalue weighted by atomic mass is 19.1. The third-order valence-electron chi connectivity index (χ3n) is 7.36. The predicted molar refractivity (Wildman–Crippen MR) is 152 cm³/mol. The summed E-state index contributed by atoms with van der Waals surface area (Å²) in [4.78, 5) is 41.0. The summed E-state index contributed by atoms with van der Waals surface area (Å²) in [7, 11) is 1.78. The number of aryl methyl sites for hydroxylation is 2. The molecule has 42 heavy (non-hydrogen) atoms. The SMILES string of the molecule is Cc1cc(C(=O)N[C@H]2CC[C@H](NC(=O)c3cc(F)cnc3Oc3cccc(-c4cccc(C=O)c4O)c3)CC2)nn1C. The summed E-state index contributed by atoms with van der Waals surface area (Å²) in [6.45, 7) is 1.88. The van der Waals surface area contributed by atoms with Crippen LogP contribution in [0.5, 0.6) is 17.4 Å². The number of aromatic hydroxyl groups is 1. The first-order valence-corrected chi connectivity index (χ1v) is 13.5. The number of carbonyl (C=O) groups is 3. The second-order valence-corrected chi connectivity index (χ2v) is 10.3. The third kappa shape index (κ3) is 6.30. The zero-order valence-electron chi connectivity index (χ0n) is 23.1. The van der Waals surface area contributed by atoms with E-state index in [1.165, 1.54) is 6.07 Å². The smallest absolute Gasteiger partial charge is 0.272 e. The van der Waals surface area contributed by atoms with Crippen molar-refractivity contribution in [3.63, 3.8) is 0 Å². The Bertz CT molecular complexity index is 1630. The van der Waals surface area contributed by atoms with E-state index in [1.807, 2.05) is 6.92 Å². The molecule has 216 valence electrons. The summed E-state index contributed by atoms with van der Waals surface area (Å²) >= 11 is 0. The van der Waals surface area contributed by atoms with Gasteiger partial charge in [-0.25, -0.2) is 9.37 Å². The molecule has 0 radical (unpaired) electrons. The van der Waals surface area contributed by atoms with Gasteiger partial charge < -0.3 is 20.5 Å². The minimum atomic E-state index is -0.687. The fourth-order valence-electron chi connectivity index (χ4n) is 4.98. The first-order valence-electron chi connectivity index (χ1n) is 13.5. The molecule has 4 aromatic rings. The lowest BCUT2D eigenvalue weighted by Gasteiger charge is -2.29. The lowest BCUT2D eigenvalue weighted by molar-refractivity contribution is 0.0887. The van der Waals surface area contributed by atoms with Crippen LogP contribution in [0.1, 0.15) is 62.6 Å². The van der Waals surface area contributed by atoms with Gasteiger partial charge in [-0.15, -0.1) is 0 Å². The number of ether oxygens (including phenoxy) is 1. The largest absolute Gasteiger partial charge is 0.507 e. The molecule has 10 nitrogen and oxygen atoms in total. The topological polar surface area (TPSA) is 135 Å². The molecule has 0 aliphatic heterocycles. The van der Waals surface area contributed by atoms with Gasteiger partial charge in [0.2, 0.25) is 5.88 Å². The molecule has 5 rings (SSSR count). The van der Waals surface area contributed by atoms with Gasteiger partial charge in [0, 0.05) is 30.4 Å². The van der Waals surface area contributed by atoms with Crippen LogP contribution in [0.15, 0.2) is 60.8 Å². The van der Waals surface area contributed by atoms with Crippen LogP contribution in [0, 0.1) is 12.7 Å². The quantitative estimate of drug-likeness (QED) is 0.261. The monoisotopic (exact) mass is 571 g/mol. The number of nitrogens with zero attached hydrogens (tertiary/aromatic N) is 3. The Kier molecular flexibility index (Phi) is 8.28. The van der Waals surface area contributed by atoms with Gasteiger partial charge in [-0.1, -0.05) is 24.3 Å². The van der Waals surface area contributed by atoms with E-state index in [0.29, 0.717) is 54.5 Å². The van der Waals surface area contributed by atoms with E-state index < -0.39 is 11.7 Å². The number of rotatable bonds is 8. The zero-order chi connectivity index (χ0) is 29.8. The summed E-state index contributed by atoms with van der Waals surface area (Å²) in [5.41, 5.74) is 2.34. The first-order chi connectivity index (χ1) is 20.2. The Hall–Kier alpha value is -5.06. The van der Waals surface area contributed by atoms with E-state index >= 15 is 0 Å². The Labute approximate surface area is 241 Å². The number of halogens is 1. The van der Waals surface area contributed by atoms with E-state index in [0.717, 1.165) is 18.0 Å². The van der Waals surface area contributed by atoms with E-state index in [1.54, 1.807) is 54.2 Å². The zero-order valence-corrected chi connectivity index (χ0v) is 23.1. The number of nitrogens with one attached hydrogen (secondary N) is 2. The van der Waals surface area contributed by atoms with Gasteiger partial charge in [-0.3, -0.25) is 19.1 Å². The number of aromatic nitrogens is 3. The van der Waals surface area contributed by atoms with E-state index in [2.05, 4.69) is 20.7 Å². The first kappa shape index (κ1) is 28.5. The van der Waals surface area contributed by atoms with Crippen LogP contribution in [0.2, 0.25) is 0 Å². The van der Waals surface area contributed by atoms with Crippen molar-refractivity contribution < 1.29 is 28.6 Å². The molecule has 0 atom stereocenters. The van der Waals surface area contributed by atoms with Gasteiger partial charge in [0.1, 0.15) is 28.6 Å². The van der Waals surface area contributed by atoms with Gasteiger partial charge in [-0.2, -0.15) is 5.10 Å². The second-order valence-electron chi connectivity index (χ2n) is 10.3. The maximum atomic E-state index is 14.2. The molecule has 11 heteroatoms. The average Bonchev–Trinajstić information content (AvgIpc) is 3.33. The molecule has 1 saturated carbocycles. The number of phenolic OH excluding ortho intramolecular Hbond substituents is 1. The van der Waals surface area contributed by atoms with Crippen LogP contribution in [0.4, 0.5) is 4.39 Å². The predicted octanol–water partition coefficient (Wildman–Crippen LogP) is 4.71. The van der Waals surface area contributed by atoms with Gasteiger partial charge in [-0.05, 0) is 68.5 Å². The molecule has 1 aliphatic rings. The van der Waals surface area contributed by atoms with E-state index in [4.69, 9.17) is 4.74 Å². The number of phenols is 1. The summed E-state index contributed by atoms with van der Waals surface area (Å²) in [6.07, 6.45) is 4.12. The number of hydrogen-bond acceptors (Lipinski definition) is 7. The van der Waals surface area contributed by atoms with Gasteiger partial charge >= 0.3 is 0 Å². The fraction of sp³-hybridized carbons (Fsp3) is 0.258. The molecule has 2 aromatic heterocycles. The van der Waals surface area contributed by atoms with Crippen molar-refractivity contribution >= 4 is 18.1 Å². The van der Waals surface area contributed by atoms with Crippen LogP contribution in [0.3, 0.4) is 0 Å². The molecule has 0 bridgehead atoms.